The van der Waals surface area contributed by atoms with Crippen LogP contribution in [0.25, 0.3) is 0 Å². The van der Waals surface area contributed by atoms with Gasteiger partial charge in [-0.2, -0.15) is 0 Å². The molecule has 76 valence electrons. The summed E-state index contributed by atoms with van der Waals surface area (Å²) in [6.07, 6.45) is 1.79. The Balaban J connectivity index is 2.59. The van der Waals surface area contributed by atoms with Crippen molar-refractivity contribution in [2.75, 3.05) is 5.75 Å². The van der Waals surface area contributed by atoms with Gasteiger partial charge < -0.3 is 5.73 Å². The SMILES string of the molecule is NC1CCCS(=O)c2c(Cl)cccc21. The van der Waals surface area contributed by atoms with Crippen molar-refractivity contribution in [3.8, 4) is 0 Å². The van der Waals surface area contributed by atoms with Crippen LogP contribution < -0.4 is 5.73 Å². The van der Waals surface area contributed by atoms with E-state index in [1.165, 1.54) is 0 Å². The lowest BCUT2D eigenvalue weighted by Crippen LogP contribution is -2.10. The highest BCUT2D eigenvalue weighted by molar-refractivity contribution is 7.85. The van der Waals surface area contributed by atoms with Gasteiger partial charge in [0.25, 0.3) is 0 Å². The van der Waals surface area contributed by atoms with Crippen LogP contribution >= 0.6 is 11.6 Å². The highest BCUT2D eigenvalue weighted by atomic mass is 35.5. The fraction of sp³-hybridized carbons (Fsp3) is 0.400. The minimum Gasteiger partial charge on any atom is -0.324 e. The maximum atomic E-state index is 11.8. The van der Waals surface area contributed by atoms with E-state index < -0.39 is 10.8 Å². The van der Waals surface area contributed by atoms with E-state index in [1.807, 2.05) is 12.1 Å². The van der Waals surface area contributed by atoms with E-state index >= 15 is 0 Å². The fourth-order valence-electron chi connectivity index (χ4n) is 1.75. The smallest absolute Gasteiger partial charge is 0.0621 e. The van der Waals surface area contributed by atoms with Crippen molar-refractivity contribution >= 4 is 22.4 Å². The number of benzene rings is 1. The van der Waals surface area contributed by atoms with Crippen molar-refractivity contribution < 1.29 is 4.21 Å². The highest BCUT2D eigenvalue weighted by Crippen LogP contribution is 2.32. The average Bonchev–Trinajstić information content (AvgIpc) is 2.29. The summed E-state index contributed by atoms with van der Waals surface area (Å²) in [7, 11) is -0.977. The van der Waals surface area contributed by atoms with Gasteiger partial charge in [0, 0.05) is 11.8 Å². The molecule has 0 radical (unpaired) electrons. The van der Waals surface area contributed by atoms with Gasteiger partial charge in [-0.3, -0.25) is 4.21 Å². The first-order valence-electron chi connectivity index (χ1n) is 4.62. The predicted octanol–water partition coefficient (Wildman–Crippen LogP) is 2.24. The molecule has 0 saturated carbocycles. The first-order valence-corrected chi connectivity index (χ1v) is 6.32. The van der Waals surface area contributed by atoms with Gasteiger partial charge in [-0.05, 0) is 24.5 Å². The molecule has 2 unspecified atom stereocenters. The van der Waals surface area contributed by atoms with Gasteiger partial charge in [0.05, 0.1) is 20.7 Å². The van der Waals surface area contributed by atoms with Gasteiger partial charge in [-0.25, -0.2) is 0 Å². The molecule has 0 fully saturated rings. The Hall–Kier alpha value is -0.380. The molecule has 0 amide bonds. The number of nitrogens with two attached hydrogens (primary N) is 1. The van der Waals surface area contributed by atoms with Gasteiger partial charge in [-0.15, -0.1) is 0 Å². The maximum absolute atomic E-state index is 11.8. The molecule has 0 aromatic heterocycles. The normalized spacial score (nSPS) is 26.7. The molecule has 0 bridgehead atoms. The van der Waals surface area contributed by atoms with Crippen LogP contribution in [0.2, 0.25) is 5.02 Å². The molecular weight excluding hydrogens is 218 g/mol. The molecule has 1 aromatic carbocycles. The summed E-state index contributed by atoms with van der Waals surface area (Å²) in [4.78, 5) is 0.749. The zero-order chi connectivity index (χ0) is 10.1. The quantitative estimate of drug-likeness (QED) is 0.742. The number of rotatable bonds is 0. The van der Waals surface area contributed by atoms with Gasteiger partial charge in [0.1, 0.15) is 0 Å². The van der Waals surface area contributed by atoms with E-state index in [4.69, 9.17) is 17.3 Å². The van der Waals surface area contributed by atoms with Crippen molar-refractivity contribution in [3.05, 3.63) is 28.8 Å². The minimum absolute atomic E-state index is 0.0184. The summed E-state index contributed by atoms with van der Waals surface area (Å²) < 4.78 is 11.8. The predicted molar refractivity (Wildman–Crippen MR) is 58.9 cm³/mol. The van der Waals surface area contributed by atoms with Crippen molar-refractivity contribution in [3.63, 3.8) is 0 Å². The van der Waals surface area contributed by atoms with Crippen molar-refractivity contribution in [2.45, 2.75) is 23.8 Å². The highest BCUT2D eigenvalue weighted by Gasteiger charge is 2.21. The standard InChI is InChI=1S/C10H12ClNOS/c11-8-4-1-3-7-9(12)5-2-6-14(13)10(7)8/h1,3-4,9H,2,5-6,12H2. The maximum Gasteiger partial charge on any atom is 0.0621 e. The van der Waals surface area contributed by atoms with E-state index in [2.05, 4.69) is 0 Å². The lowest BCUT2D eigenvalue weighted by molar-refractivity contribution is 0.639. The first-order chi connectivity index (χ1) is 6.70. The molecule has 2 rings (SSSR count). The summed E-state index contributed by atoms with van der Waals surface area (Å²) >= 11 is 6.03. The third-order valence-electron chi connectivity index (χ3n) is 2.47. The van der Waals surface area contributed by atoms with Crippen LogP contribution in [0.15, 0.2) is 23.1 Å². The van der Waals surface area contributed by atoms with Gasteiger partial charge in [-0.1, -0.05) is 23.7 Å². The molecule has 4 heteroatoms. The first kappa shape index (κ1) is 10.1. The Labute approximate surface area is 90.9 Å². The summed E-state index contributed by atoms with van der Waals surface area (Å²) in [5.41, 5.74) is 6.94. The molecule has 2 nitrogen and oxygen atoms in total. The molecule has 0 spiro atoms. The zero-order valence-corrected chi connectivity index (χ0v) is 9.27. The zero-order valence-electron chi connectivity index (χ0n) is 7.70. The van der Waals surface area contributed by atoms with Crippen molar-refractivity contribution in [1.29, 1.82) is 0 Å². The topological polar surface area (TPSA) is 43.1 Å². The van der Waals surface area contributed by atoms with Crippen LogP contribution in [0, 0.1) is 0 Å². The van der Waals surface area contributed by atoms with Crippen LogP contribution in [0.4, 0.5) is 0 Å². The second-order valence-electron chi connectivity index (χ2n) is 3.46. The molecule has 0 saturated heterocycles. The molecule has 1 aliphatic rings. The van der Waals surface area contributed by atoms with E-state index in [9.17, 15) is 4.21 Å². The van der Waals surface area contributed by atoms with Crippen LogP contribution in [0.1, 0.15) is 24.4 Å². The van der Waals surface area contributed by atoms with E-state index in [0.29, 0.717) is 10.8 Å². The molecule has 2 atom stereocenters. The van der Waals surface area contributed by atoms with Gasteiger partial charge in [0.2, 0.25) is 0 Å². The molecule has 1 aliphatic heterocycles. The third-order valence-corrected chi connectivity index (χ3v) is 4.47. The van der Waals surface area contributed by atoms with Crippen molar-refractivity contribution in [1.82, 2.24) is 0 Å². The van der Waals surface area contributed by atoms with Gasteiger partial charge >= 0.3 is 0 Å². The second-order valence-corrected chi connectivity index (χ2v) is 5.37. The lowest BCUT2D eigenvalue weighted by atomic mass is 10.0. The summed E-state index contributed by atoms with van der Waals surface area (Å²) in [6.45, 7) is 0. The molecule has 1 heterocycles. The molecule has 2 N–H and O–H groups in total. The van der Waals surface area contributed by atoms with E-state index in [0.717, 1.165) is 23.3 Å². The fourth-order valence-corrected chi connectivity index (χ4v) is 3.59. The van der Waals surface area contributed by atoms with Crippen LogP contribution in [-0.2, 0) is 10.8 Å². The second kappa shape index (κ2) is 4.01. The monoisotopic (exact) mass is 229 g/mol. The van der Waals surface area contributed by atoms with Crippen molar-refractivity contribution in [2.24, 2.45) is 5.73 Å². The van der Waals surface area contributed by atoms with Crippen LogP contribution in [0.5, 0.6) is 0 Å². The van der Waals surface area contributed by atoms with E-state index in [1.54, 1.807) is 6.07 Å². The van der Waals surface area contributed by atoms with E-state index in [-0.39, 0.29) is 6.04 Å². The number of hydrogen-bond donors (Lipinski definition) is 1. The molecular formula is C10H12ClNOS. The number of hydrogen-bond acceptors (Lipinski definition) is 2. The van der Waals surface area contributed by atoms with Gasteiger partial charge in [0.15, 0.2) is 0 Å². The number of fused-ring (bicyclic) bond motifs is 1. The Kier molecular flexibility index (Phi) is 2.91. The minimum atomic E-state index is -0.977. The summed E-state index contributed by atoms with van der Waals surface area (Å²) in [5.74, 6) is 0.671. The molecule has 14 heavy (non-hydrogen) atoms. The largest absolute Gasteiger partial charge is 0.324 e. The molecule has 0 aliphatic carbocycles. The Morgan fingerprint density at radius 2 is 2.29 bits per heavy atom. The average molecular weight is 230 g/mol. The Morgan fingerprint density at radius 3 is 3.07 bits per heavy atom. The Bertz CT molecular complexity index is 380. The Morgan fingerprint density at radius 1 is 1.50 bits per heavy atom. The number of halogens is 1. The summed E-state index contributed by atoms with van der Waals surface area (Å²) in [5, 5.41) is 0.582. The van der Waals surface area contributed by atoms with Crippen LogP contribution in [0.3, 0.4) is 0 Å². The van der Waals surface area contributed by atoms with Crippen LogP contribution in [-0.4, -0.2) is 9.96 Å². The third kappa shape index (κ3) is 1.72. The lowest BCUT2D eigenvalue weighted by Gasteiger charge is -2.12. The summed E-state index contributed by atoms with van der Waals surface area (Å²) in [6, 6.07) is 5.55. The molecule has 1 aromatic rings.